The maximum absolute atomic E-state index is 14.5. The first-order valence-corrected chi connectivity index (χ1v) is 9.81. The minimum absolute atomic E-state index is 0.136. The highest BCUT2D eigenvalue weighted by Gasteiger charge is 2.38. The normalized spacial score (nSPS) is 15.8. The number of methoxy groups -OCH3 is 1. The number of likely N-dealkylation sites (N-methyl/N-ethyl adjacent to an activating group) is 1. The zero-order chi connectivity index (χ0) is 21.4. The van der Waals surface area contributed by atoms with E-state index in [4.69, 9.17) is 10.5 Å². The summed E-state index contributed by atoms with van der Waals surface area (Å²) in [6.07, 6.45) is 0.435. The number of nitrogen functional groups attached to an aromatic ring is 1. The third kappa shape index (κ3) is 3.26. The second-order valence-electron chi connectivity index (χ2n) is 7.24. The molecule has 0 saturated heterocycles. The third-order valence-electron chi connectivity index (χ3n) is 5.51. The molecule has 4 rings (SSSR count). The fraction of sp³-hybridized carbons (Fsp3) is 0.261. The van der Waals surface area contributed by atoms with Crippen molar-refractivity contribution in [2.24, 2.45) is 0 Å². The Balaban J connectivity index is 1.96. The summed E-state index contributed by atoms with van der Waals surface area (Å²) in [5, 5.41) is 0. The molecule has 7 heteroatoms. The van der Waals surface area contributed by atoms with Gasteiger partial charge in [-0.15, -0.1) is 0 Å². The van der Waals surface area contributed by atoms with Crippen LogP contribution in [0.15, 0.2) is 42.5 Å². The number of ether oxygens (including phenoxy) is 1. The van der Waals surface area contributed by atoms with Gasteiger partial charge in [-0.25, -0.2) is 14.4 Å². The van der Waals surface area contributed by atoms with Crippen LogP contribution < -0.4 is 10.5 Å². The predicted octanol–water partition coefficient (Wildman–Crippen LogP) is 3.94. The molecule has 1 unspecified atom stereocenters. The van der Waals surface area contributed by atoms with E-state index < -0.39 is 5.82 Å². The van der Waals surface area contributed by atoms with Crippen molar-refractivity contribution >= 4 is 11.9 Å². The number of nitrogens with two attached hydrogens (primary N) is 1. The summed E-state index contributed by atoms with van der Waals surface area (Å²) in [7, 11) is 1.51. The molecule has 0 bridgehead atoms. The molecule has 0 fully saturated rings. The van der Waals surface area contributed by atoms with Crippen LogP contribution in [0.2, 0.25) is 0 Å². The second kappa shape index (κ2) is 7.74. The SMILES string of the molecule is CCN1C(=O)c2c(C)nc(N)nc2CC1c1c(OC)cc(F)cc1-c1ccccc1. The largest absolute Gasteiger partial charge is 0.496 e. The van der Waals surface area contributed by atoms with Crippen LogP contribution >= 0.6 is 0 Å². The van der Waals surface area contributed by atoms with E-state index in [1.807, 2.05) is 37.3 Å². The fourth-order valence-corrected chi connectivity index (χ4v) is 4.24. The summed E-state index contributed by atoms with van der Waals surface area (Å²) in [6.45, 7) is 4.15. The Morgan fingerprint density at radius 1 is 1.23 bits per heavy atom. The number of anilines is 1. The highest BCUT2D eigenvalue weighted by Crippen LogP contribution is 2.43. The van der Waals surface area contributed by atoms with Crippen molar-refractivity contribution in [2.45, 2.75) is 26.3 Å². The van der Waals surface area contributed by atoms with Crippen LogP contribution in [0.5, 0.6) is 5.75 Å². The number of amides is 1. The van der Waals surface area contributed by atoms with Crippen molar-refractivity contribution in [1.29, 1.82) is 0 Å². The van der Waals surface area contributed by atoms with Crippen molar-refractivity contribution < 1.29 is 13.9 Å². The zero-order valence-electron chi connectivity index (χ0n) is 17.1. The number of fused-ring (bicyclic) bond motifs is 1. The number of hydrogen-bond donors (Lipinski definition) is 1. The molecule has 3 aromatic rings. The fourth-order valence-electron chi connectivity index (χ4n) is 4.24. The molecule has 0 spiro atoms. The second-order valence-corrected chi connectivity index (χ2v) is 7.24. The Morgan fingerprint density at radius 2 is 1.97 bits per heavy atom. The number of benzene rings is 2. The third-order valence-corrected chi connectivity index (χ3v) is 5.51. The van der Waals surface area contributed by atoms with Gasteiger partial charge >= 0.3 is 0 Å². The minimum atomic E-state index is -0.401. The van der Waals surface area contributed by atoms with Crippen LogP contribution in [-0.4, -0.2) is 34.4 Å². The molecule has 30 heavy (non-hydrogen) atoms. The zero-order valence-corrected chi connectivity index (χ0v) is 17.1. The van der Waals surface area contributed by atoms with Crippen LogP contribution in [0.4, 0.5) is 10.3 Å². The number of halogens is 1. The summed E-state index contributed by atoms with van der Waals surface area (Å²) >= 11 is 0. The summed E-state index contributed by atoms with van der Waals surface area (Å²) in [4.78, 5) is 23.6. The molecular formula is C23H23FN4O2. The molecule has 1 aromatic heterocycles. The average Bonchev–Trinajstić information content (AvgIpc) is 2.73. The van der Waals surface area contributed by atoms with Gasteiger partial charge in [0, 0.05) is 24.6 Å². The van der Waals surface area contributed by atoms with Gasteiger partial charge in [0.1, 0.15) is 11.6 Å². The minimum Gasteiger partial charge on any atom is -0.496 e. The van der Waals surface area contributed by atoms with Crippen molar-refractivity contribution in [1.82, 2.24) is 14.9 Å². The average molecular weight is 406 g/mol. The number of hydrogen-bond acceptors (Lipinski definition) is 5. The van der Waals surface area contributed by atoms with Gasteiger partial charge in [0.05, 0.1) is 30.1 Å². The van der Waals surface area contributed by atoms with Crippen molar-refractivity contribution in [3.63, 3.8) is 0 Å². The molecule has 6 nitrogen and oxygen atoms in total. The number of carbonyl (C=O) groups is 1. The van der Waals surface area contributed by atoms with Crippen molar-refractivity contribution in [3.8, 4) is 16.9 Å². The molecule has 2 N–H and O–H groups in total. The van der Waals surface area contributed by atoms with Gasteiger partial charge in [0.25, 0.3) is 5.91 Å². The summed E-state index contributed by atoms with van der Waals surface area (Å²) < 4.78 is 20.0. The molecule has 154 valence electrons. The summed E-state index contributed by atoms with van der Waals surface area (Å²) in [5.41, 5.74) is 9.79. The lowest BCUT2D eigenvalue weighted by atomic mass is 9.86. The van der Waals surface area contributed by atoms with Crippen LogP contribution in [0.1, 0.15) is 40.3 Å². The van der Waals surface area contributed by atoms with Gasteiger partial charge in [-0.2, -0.15) is 0 Å². The number of rotatable bonds is 4. The Morgan fingerprint density at radius 3 is 2.63 bits per heavy atom. The highest BCUT2D eigenvalue weighted by atomic mass is 19.1. The molecule has 0 radical (unpaired) electrons. The smallest absolute Gasteiger partial charge is 0.258 e. The molecule has 2 heterocycles. The molecular weight excluding hydrogens is 383 g/mol. The molecule has 1 aliphatic rings. The lowest BCUT2D eigenvalue weighted by molar-refractivity contribution is 0.0654. The van der Waals surface area contributed by atoms with Crippen LogP contribution in [0, 0.1) is 12.7 Å². The molecule has 1 atom stereocenters. The lowest BCUT2D eigenvalue weighted by Gasteiger charge is -2.37. The van der Waals surface area contributed by atoms with Gasteiger partial charge in [0.2, 0.25) is 5.95 Å². The van der Waals surface area contributed by atoms with E-state index in [2.05, 4.69) is 9.97 Å². The molecule has 1 amide bonds. The van der Waals surface area contributed by atoms with Gasteiger partial charge in [-0.1, -0.05) is 30.3 Å². The van der Waals surface area contributed by atoms with E-state index in [-0.39, 0.29) is 17.9 Å². The van der Waals surface area contributed by atoms with E-state index >= 15 is 0 Å². The number of aromatic nitrogens is 2. The quantitative estimate of drug-likeness (QED) is 0.710. The Bertz CT molecular complexity index is 1120. The first-order valence-electron chi connectivity index (χ1n) is 9.81. The monoisotopic (exact) mass is 406 g/mol. The van der Waals surface area contributed by atoms with Gasteiger partial charge < -0.3 is 15.4 Å². The van der Waals surface area contributed by atoms with E-state index in [1.165, 1.54) is 19.2 Å². The summed E-state index contributed by atoms with van der Waals surface area (Å²) in [6, 6.07) is 12.0. The topological polar surface area (TPSA) is 81.3 Å². The van der Waals surface area contributed by atoms with Crippen molar-refractivity contribution in [2.75, 3.05) is 19.4 Å². The van der Waals surface area contributed by atoms with E-state index in [9.17, 15) is 9.18 Å². The Kier molecular flexibility index (Phi) is 5.11. The number of carbonyl (C=O) groups excluding carboxylic acids is 1. The van der Waals surface area contributed by atoms with Crippen LogP contribution in [0.25, 0.3) is 11.1 Å². The number of nitrogens with zero attached hydrogens (tertiary/aromatic N) is 3. The Hall–Kier alpha value is -3.48. The Labute approximate surface area is 174 Å². The maximum atomic E-state index is 14.5. The van der Waals surface area contributed by atoms with Gasteiger partial charge in [0.15, 0.2) is 0 Å². The van der Waals surface area contributed by atoms with Crippen LogP contribution in [-0.2, 0) is 6.42 Å². The molecule has 1 aliphatic heterocycles. The van der Waals surface area contributed by atoms with E-state index in [1.54, 1.807) is 11.8 Å². The van der Waals surface area contributed by atoms with Gasteiger partial charge in [-0.05, 0) is 31.0 Å². The maximum Gasteiger partial charge on any atom is 0.258 e. The van der Waals surface area contributed by atoms with Crippen molar-refractivity contribution in [3.05, 3.63) is 70.8 Å². The molecule has 0 saturated carbocycles. The number of aryl methyl sites for hydroxylation is 1. The molecule has 2 aromatic carbocycles. The molecule has 0 aliphatic carbocycles. The lowest BCUT2D eigenvalue weighted by Crippen LogP contribution is -2.41. The highest BCUT2D eigenvalue weighted by molar-refractivity contribution is 5.98. The first kappa shape index (κ1) is 19.8. The van der Waals surface area contributed by atoms with E-state index in [0.29, 0.717) is 41.2 Å². The van der Waals surface area contributed by atoms with Crippen LogP contribution in [0.3, 0.4) is 0 Å². The standard InChI is InChI=1S/C23H23FN4O2/c1-4-28-18(12-17-20(22(28)29)13(2)26-23(25)27-17)21-16(14-8-6-5-7-9-14)10-15(24)11-19(21)30-3/h5-11,18H,4,12H2,1-3H3,(H2,25,26,27). The predicted molar refractivity (Wildman–Crippen MR) is 113 cm³/mol. The first-order chi connectivity index (χ1) is 14.4. The van der Waals surface area contributed by atoms with Gasteiger partial charge in [-0.3, -0.25) is 4.79 Å². The summed E-state index contributed by atoms with van der Waals surface area (Å²) in [5.74, 6) is -0.0292. The van der Waals surface area contributed by atoms with E-state index in [0.717, 1.165) is 11.1 Å².